The zero-order chi connectivity index (χ0) is 13.2. The maximum Gasteiger partial charge on any atom is 0.153 e. The van der Waals surface area contributed by atoms with Gasteiger partial charge in [-0.05, 0) is 48.7 Å². The summed E-state index contributed by atoms with van der Waals surface area (Å²) in [4.78, 5) is 0. The number of ether oxygens (including phenoxy) is 1. The molecule has 1 aliphatic heterocycles. The highest BCUT2D eigenvalue weighted by Gasteiger charge is 2.40. The molecule has 2 heterocycles. The molecule has 5 nitrogen and oxygen atoms in total. The Labute approximate surface area is 116 Å². The number of hydrogen-bond donors (Lipinski definition) is 1. The molecule has 1 aliphatic rings. The molecule has 0 bridgehead atoms. The van der Waals surface area contributed by atoms with Gasteiger partial charge in [-0.3, -0.25) is 0 Å². The Bertz CT molecular complexity index is 381. The van der Waals surface area contributed by atoms with Gasteiger partial charge in [0.25, 0.3) is 0 Å². The van der Waals surface area contributed by atoms with Gasteiger partial charge in [0.05, 0.1) is 17.3 Å². The van der Waals surface area contributed by atoms with Gasteiger partial charge in [0.15, 0.2) is 4.60 Å². The molecule has 2 atom stereocenters. The topological polar surface area (TPSA) is 52.0 Å². The van der Waals surface area contributed by atoms with Crippen molar-refractivity contribution in [1.82, 2.24) is 20.3 Å². The lowest BCUT2D eigenvalue weighted by Gasteiger charge is -2.40. The highest BCUT2D eigenvalue weighted by atomic mass is 79.9. The molecule has 1 N–H and O–H groups in total. The van der Waals surface area contributed by atoms with Crippen LogP contribution in [0, 0.1) is 0 Å². The minimum atomic E-state index is -0.188. The predicted molar refractivity (Wildman–Crippen MR) is 73.3 cm³/mol. The molecule has 2 rings (SSSR count). The van der Waals surface area contributed by atoms with Crippen molar-refractivity contribution in [1.29, 1.82) is 0 Å². The van der Waals surface area contributed by atoms with Crippen LogP contribution in [0.25, 0.3) is 0 Å². The molecule has 1 fully saturated rings. The second kappa shape index (κ2) is 5.67. The van der Waals surface area contributed by atoms with Crippen molar-refractivity contribution in [2.45, 2.75) is 44.8 Å². The minimum absolute atomic E-state index is 0.108. The van der Waals surface area contributed by atoms with Crippen LogP contribution in [0.3, 0.4) is 0 Å². The smallest absolute Gasteiger partial charge is 0.153 e. The van der Waals surface area contributed by atoms with Gasteiger partial charge in [0.1, 0.15) is 0 Å². The third-order valence-corrected chi connectivity index (χ3v) is 4.18. The molecule has 18 heavy (non-hydrogen) atoms. The van der Waals surface area contributed by atoms with E-state index in [0.717, 1.165) is 36.3 Å². The fourth-order valence-electron chi connectivity index (χ4n) is 2.63. The molecule has 1 saturated heterocycles. The summed E-state index contributed by atoms with van der Waals surface area (Å²) in [6.07, 6.45) is 3.42. The van der Waals surface area contributed by atoms with Gasteiger partial charge in [-0.25, -0.2) is 4.68 Å². The Morgan fingerprint density at radius 3 is 2.83 bits per heavy atom. The Kier molecular flexibility index (Phi) is 4.40. The molecule has 1 aromatic heterocycles. The van der Waals surface area contributed by atoms with Crippen LogP contribution in [0.4, 0.5) is 0 Å². The van der Waals surface area contributed by atoms with E-state index < -0.39 is 0 Å². The second-order valence-electron chi connectivity index (χ2n) is 5.00. The number of aryl methyl sites for hydroxylation is 1. The van der Waals surface area contributed by atoms with Crippen molar-refractivity contribution in [2.24, 2.45) is 7.05 Å². The fourth-order valence-corrected chi connectivity index (χ4v) is 3.19. The molecular formula is C12H21BrN4O. The lowest BCUT2D eigenvalue weighted by atomic mass is 9.86. The lowest BCUT2D eigenvalue weighted by molar-refractivity contribution is -0.0911. The number of rotatable bonds is 4. The number of halogens is 1. The van der Waals surface area contributed by atoms with E-state index in [4.69, 9.17) is 4.74 Å². The van der Waals surface area contributed by atoms with Gasteiger partial charge < -0.3 is 10.1 Å². The maximum atomic E-state index is 6.06. The second-order valence-corrected chi connectivity index (χ2v) is 5.75. The Balaban J connectivity index is 2.33. The predicted octanol–water partition coefficient (Wildman–Crippen LogP) is 2.19. The Morgan fingerprint density at radius 1 is 1.56 bits per heavy atom. The first-order chi connectivity index (χ1) is 8.58. The van der Waals surface area contributed by atoms with Crippen molar-refractivity contribution in [3.8, 4) is 0 Å². The summed E-state index contributed by atoms with van der Waals surface area (Å²) in [5, 5.41) is 11.7. The standard InChI is InChI=1S/C12H21BrN4O/c1-4-14-10(9-11(13)15-16-17(9)3)12(2)7-5-6-8-18-12/h10,14H,4-8H2,1-3H3. The Morgan fingerprint density at radius 2 is 2.33 bits per heavy atom. The van der Waals surface area contributed by atoms with Crippen LogP contribution in [0.2, 0.25) is 0 Å². The molecule has 0 saturated carbocycles. The van der Waals surface area contributed by atoms with Crippen LogP contribution < -0.4 is 5.32 Å². The maximum absolute atomic E-state index is 6.06. The number of nitrogens with zero attached hydrogens (tertiary/aromatic N) is 3. The van der Waals surface area contributed by atoms with Gasteiger partial charge in [-0.15, -0.1) is 5.10 Å². The average Bonchev–Trinajstić information content (AvgIpc) is 2.67. The summed E-state index contributed by atoms with van der Waals surface area (Å²) in [7, 11) is 1.92. The highest BCUT2D eigenvalue weighted by Crippen LogP contribution is 2.38. The van der Waals surface area contributed by atoms with E-state index in [1.54, 1.807) is 0 Å². The van der Waals surface area contributed by atoms with Crippen molar-refractivity contribution >= 4 is 15.9 Å². The minimum Gasteiger partial charge on any atom is -0.373 e. The van der Waals surface area contributed by atoms with Crippen molar-refractivity contribution in [3.63, 3.8) is 0 Å². The van der Waals surface area contributed by atoms with E-state index in [1.165, 1.54) is 6.42 Å². The first kappa shape index (κ1) is 14.0. The van der Waals surface area contributed by atoms with Gasteiger partial charge in [0.2, 0.25) is 0 Å². The molecule has 1 aromatic rings. The molecule has 0 spiro atoms. The molecular weight excluding hydrogens is 296 g/mol. The number of aromatic nitrogens is 3. The van der Waals surface area contributed by atoms with Crippen molar-refractivity contribution in [2.75, 3.05) is 13.2 Å². The zero-order valence-corrected chi connectivity index (χ0v) is 12.8. The van der Waals surface area contributed by atoms with E-state index in [-0.39, 0.29) is 11.6 Å². The monoisotopic (exact) mass is 316 g/mol. The molecule has 0 amide bonds. The quantitative estimate of drug-likeness (QED) is 0.925. The Hall–Kier alpha value is -0.460. The summed E-state index contributed by atoms with van der Waals surface area (Å²) < 4.78 is 8.68. The van der Waals surface area contributed by atoms with Crippen LogP contribution in [-0.4, -0.2) is 33.7 Å². The molecule has 6 heteroatoms. The van der Waals surface area contributed by atoms with E-state index in [0.29, 0.717) is 0 Å². The van der Waals surface area contributed by atoms with E-state index in [1.807, 2.05) is 11.7 Å². The molecule has 0 radical (unpaired) electrons. The zero-order valence-electron chi connectivity index (χ0n) is 11.2. The van der Waals surface area contributed by atoms with Crippen LogP contribution in [-0.2, 0) is 11.8 Å². The normalized spacial score (nSPS) is 26.2. The number of likely N-dealkylation sites (N-methyl/N-ethyl adjacent to an activating group) is 1. The van der Waals surface area contributed by atoms with E-state index in [9.17, 15) is 0 Å². The van der Waals surface area contributed by atoms with Crippen LogP contribution >= 0.6 is 15.9 Å². The number of nitrogens with one attached hydrogen (secondary N) is 1. The summed E-state index contributed by atoms with van der Waals surface area (Å²) in [5.74, 6) is 0. The molecule has 0 aromatic carbocycles. The summed E-state index contributed by atoms with van der Waals surface area (Å²) in [5.41, 5.74) is 0.868. The van der Waals surface area contributed by atoms with Crippen molar-refractivity contribution < 1.29 is 4.74 Å². The van der Waals surface area contributed by atoms with E-state index >= 15 is 0 Å². The van der Waals surface area contributed by atoms with Gasteiger partial charge in [-0.2, -0.15) is 0 Å². The first-order valence-electron chi connectivity index (χ1n) is 6.51. The molecule has 2 unspecified atom stereocenters. The van der Waals surface area contributed by atoms with Gasteiger partial charge in [0, 0.05) is 13.7 Å². The summed E-state index contributed by atoms with van der Waals surface area (Å²) in [6, 6.07) is 0.108. The number of hydrogen-bond acceptors (Lipinski definition) is 4. The van der Waals surface area contributed by atoms with Crippen LogP contribution in [0.1, 0.15) is 44.8 Å². The van der Waals surface area contributed by atoms with Gasteiger partial charge >= 0.3 is 0 Å². The third-order valence-electron chi connectivity index (χ3n) is 3.62. The van der Waals surface area contributed by atoms with Gasteiger partial charge in [-0.1, -0.05) is 12.1 Å². The highest BCUT2D eigenvalue weighted by molar-refractivity contribution is 9.10. The van der Waals surface area contributed by atoms with Crippen LogP contribution in [0.15, 0.2) is 4.60 Å². The fraction of sp³-hybridized carbons (Fsp3) is 0.833. The SMILES string of the molecule is CCNC(c1c(Br)nnn1C)C1(C)CCCCO1. The van der Waals surface area contributed by atoms with Crippen LogP contribution in [0.5, 0.6) is 0 Å². The summed E-state index contributed by atoms with van der Waals surface area (Å²) >= 11 is 3.49. The van der Waals surface area contributed by atoms with Crippen molar-refractivity contribution in [3.05, 3.63) is 10.3 Å². The molecule has 102 valence electrons. The lowest BCUT2D eigenvalue weighted by Crippen LogP contribution is -2.46. The van der Waals surface area contributed by atoms with E-state index in [2.05, 4.69) is 45.4 Å². The molecule has 0 aliphatic carbocycles. The third kappa shape index (κ3) is 2.60. The first-order valence-corrected chi connectivity index (χ1v) is 7.30. The summed E-state index contributed by atoms with van der Waals surface area (Å²) in [6.45, 7) is 6.01. The largest absolute Gasteiger partial charge is 0.373 e. The average molecular weight is 317 g/mol.